The van der Waals surface area contributed by atoms with E-state index in [-0.39, 0.29) is 24.7 Å². The summed E-state index contributed by atoms with van der Waals surface area (Å²) in [5.41, 5.74) is 3.94. The maximum Gasteiger partial charge on any atom is 0.240 e. The lowest BCUT2D eigenvalue weighted by atomic mass is 10.2. The molecule has 0 fully saturated rings. The molecular formula is C18H19N3O3. The molecule has 6 heteroatoms. The maximum atomic E-state index is 11.8. The lowest BCUT2D eigenvalue weighted by Crippen LogP contribution is -2.20. The van der Waals surface area contributed by atoms with Gasteiger partial charge in [0.2, 0.25) is 11.8 Å². The third kappa shape index (κ3) is 5.92. The zero-order valence-electron chi connectivity index (χ0n) is 13.4. The van der Waals surface area contributed by atoms with Crippen LogP contribution in [-0.4, -0.2) is 25.1 Å². The van der Waals surface area contributed by atoms with E-state index in [1.165, 1.54) is 0 Å². The fourth-order valence-electron chi connectivity index (χ4n) is 1.90. The second kappa shape index (κ2) is 9.09. The molecule has 124 valence electrons. The molecule has 6 nitrogen and oxygen atoms in total. The van der Waals surface area contributed by atoms with Crippen molar-refractivity contribution in [3.63, 3.8) is 0 Å². The van der Waals surface area contributed by atoms with E-state index in [9.17, 15) is 9.59 Å². The van der Waals surface area contributed by atoms with Crippen LogP contribution in [0.15, 0.2) is 59.7 Å². The lowest BCUT2D eigenvalue weighted by molar-refractivity contribution is -0.124. The van der Waals surface area contributed by atoms with Crippen LogP contribution in [0.1, 0.15) is 18.4 Å². The van der Waals surface area contributed by atoms with Crippen LogP contribution in [0.25, 0.3) is 0 Å². The van der Waals surface area contributed by atoms with Gasteiger partial charge in [-0.2, -0.15) is 5.10 Å². The summed E-state index contributed by atoms with van der Waals surface area (Å²) in [6.45, 7) is 0. The van der Waals surface area contributed by atoms with Gasteiger partial charge in [0.1, 0.15) is 5.75 Å². The van der Waals surface area contributed by atoms with Crippen molar-refractivity contribution in [1.29, 1.82) is 0 Å². The molecule has 0 aliphatic carbocycles. The largest absolute Gasteiger partial charge is 0.497 e. The van der Waals surface area contributed by atoms with Gasteiger partial charge in [-0.1, -0.05) is 30.3 Å². The molecule has 0 atom stereocenters. The highest BCUT2D eigenvalue weighted by Crippen LogP contribution is 2.15. The Morgan fingerprint density at radius 2 is 1.67 bits per heavy atom. The second-order valence-electron chi connectivity index (χ2n) is 4.98. The predicted octanol–water partition coefficient (Wildman–Crippen LogP) is 2.56. The number of anilines is 1. The number of nitrogens with one attached hydrogen (secondary N) is 2. The number of carbonyl (C=O) groups is 2. The van der Waals surface area contributed by atoms with Crippen molar-refractivity contribution in [1.82, 2.24) is 5.43 Å². The highest BCUT2D eigenvalue weighted by Gasteiger charge is 2.06. The predicted molar refractivity (Wildman–Crippen MR) is 93.0 cm³/mol. The first kappa shape index (κ1) is 17.2. The zero-order chi connectivity index (χ0) is 17.2. The smallest absolute Gasteiger partial charge is 0.240 e. The summed E-state index contributed by atoms with van der Waals surface area (Å²) in [4.78, 5) is 23.5. The molecule has 2 amide bonds. The van der Waals surface area contributed by atoms with Crippen molar-refractivity contribution in [3.05, 3.63) is 60.2 Å². The number of carbonyl (C=O) groups excluding carboxylic acids is 2. The number of hydrazone groups is 1. The van der Waals surface area contributed by atoms with E-state index < -0.39 is 0 Å². The molecule has 2 N–H and O–H groups in total. The van der Waals surface area contributed by atoms with Crippen LogP contribution >= 0.6 is 0 Å². The Kier molecular flexibility index (Phi) is 6.52. The first-order valence-corrected chi connectivity index (χ1v) is 7.48. The molecule has 0 heterocycles. The average molecular weight is 325 g/mol. The first-order chi connectivity index (χ1) is 11.7. The number of hydrogen-bond acceptors (Lipinski definition) is 4. The summed E-state index contributed by atoms with van der Waals surface area (Å²) >= 11 is 0. The van der Waals surface area contributed by atoms with Gasteiger partial charge in [-0.25, -0.2) is 5.43 Å². The minimum absolute atomic E-state index is 0.0636. The Morgan fingerprint density at radius 3 is 2.33 bits per heavy atom. The van der Waals surface area contributed by atoms with Crippen molar-refractivity contribution >= 4 is 23.7 Å². The summed E-state index contributed by atoms with van der Waals surface area (Å²) in [6, 6.07) is 16.4. The SMILES string of the molecule is COc1ccc(NC(=O)CCC(=O)N/N=C/c2ccccc2)cc1. The Balaban J connectivity index is 1.70. The van der Waals surface area contributed by atoms with E-state index in [2.05, 4.69) is 15.8 Å². The van der Waals surface area contributed by atoms with Crippen molar-refractivity contribution < 1.29 is 14.3 Å². The van der Waals surface area contributed by atoms with Crippen LogP contribution < -0.4 is 15.5 Å². The van der Waals surface area contributed by atoms with Crippen LogP contribution in [0.3, 0.4) is 0 Å². The molecule has 2 aromatic rings. The Labute approximate surface area is 140 Å². The number of amides is 2. The molecule has 0 radical (unpaired) electrons. The van der Waals surface area contributed by atoms with Crippen LogP contribution in [0.4, 0.5) is 5.69 Å². The summed E-state index contributed by atoms with van der Waals surface area (Å²) in [5, 5.41) is 6.57. The highest BCUT2D eigenvalue weighted by atomic mass is 16.5. The van der Waals surface area contributed by atoms with Crippen LogP contribution in [-0.2, 0) is 9.59 Å². The van der Waals surface area contributed by atoms with Gasteiger partial charge in [0.25, 0.3) is 0 Å². The number of rotatable bonds is 7. The molecule has 24 heavy (non-hydrogen) atoms. The molecule has 0 aromatic heterocycles. The quantitative estimate of drug-likeness (QED) is 0.606. The second-order valence-corrected chi connectivity index (χ2v) is 4.98. The van der Waals surface area contributed by atoms with E-state index in [0.29, 0.717) is 11.4 Å². The number of ether oxygens (including phenoxy) is 1. The van der Waals surface area contributed by atoms with Crippen LogP contribution in [0.2, 0.25) is 0 Å². The molecule has 2 aromatic carbocycles. The monoisotopic (exact) mass is 325 g/mol. The molecule has 0 saturated carbocycles. The number of nitrogens with zero attached hydrogens (tertiary/aromatic N) is 1. The van der Waals surface area contributed by atoms with Crippen LogP contribution in [0.5, 0.6) is 5.75 Å². The Hall–Kier alpha value is -3.15. The van der Waals surface area contributed by atoms with Gasteiger partial charge in [-0.05, 0) is 29.8 Å². The van der Waals surface area contributed by atoms with E-state index in [4.69, 9.17) is 4.74 Å². The van der Waals surface area contributed by atoms with Gasteiger partial charge in [0.05, 0.1) is 13.3 Å². The zero-order valence-corrected chi connectivity index (χ0v) is 13.4. The molecule has 0 saturated heterocycles. The first-order valence-electron chi connectivity index (χ1n) is 7.48. The summed E-state index contributed by atoms with van der Waals surface area (Å²) in [5.74, 6) is 0.165. The van der Waals surface area contributed by atoms with Crippen molar-refractivity contribution in [2.75, 3.05) is 12.4 Å². The van der Waals surface area contributed by atoms with E-state index in [0.717, 1.165) is 5.56 Å². The van der Waals surface area contributed by atoms with Crippen LogP contribution in [0, 0.1) is 0 Å². The molecular weight excluding hydrogens is 306 g/mol. The fourth-order valence-corrected chi connectivity index (χ4v) is 1.90. The molecule has 0 bridgehead atoms. The van der Waals surface area contributed by atoms with Crippen molar-refractivity contribution in [2.24, 2.45) is 5.10 Å². The number of benzene rings is 2. The molecule has 0 aliphatic rings. The van der Waals surface area contributed by atoms with E-state index in [1.807, 2.05) is 30.3 Å². The van der Waals surface area contributed by atoms with Gasteiger partial charge in [0.15, 0.2) is 0 Å². The highest BCUT2D eigenvalue weighted by molar-refractivity contribution is 5.93. The average Bonchev–Trinajstić information content (AvgIpc) is 2.61. The van der Waals surface area contributed by atoms with Crippen molar-refractivity contribution in [3.8, 4) is 5.75 Å². The standard InChI is InChI=1S/C18H19N3O3/c1-24-16-9-7-15(8-10-16)20-17(22)11-12-18(23)21-19-13-14-5-3-2-4-6-14/h2-10,13H,11-12H2,1H3,(H,20,22)(H,21,23)/b19-13+. The summed E-state index contributed by atoms with van der Waals surface area (Å²) < 4.78 is 5.04. The van der Waals surface area contributed by atoms with Gasteiger partial charge in [-0.15, -0.1) is 0 Å². The number of hydrogen-bond donors (Lipinski definition) is 2. The fraction of sp³-hybridized carbons (Fsp3) is 0.167. The van der Waals surface area contributed by atoms with Gasteiger partial charge in [0, 0.05) is 18.5 Å². The normalized spacial score (nSPS) is 10.4. The van der Waals surface area contributed by atoms with Gasteiger partial charge in [-0.3, -0.25) is 9.59 Å². The van der Waals surface area contributed by atoms with Gasteiger partial charge >= 0.3 is 0 Å². The third-order valence-corrected chi connectivity index (χ3v) is 3.16. The third-order valence-electron chi connectivity index (χ3n) is 3.16. The maximum absolute atomic E-state index is 11.8. The van der Waals surface area contributed by atoms with Gasteiger partial charge < -0.3 is 10.1 Å². The summed E-state index contributed by atoms with van der Waals surface area (Å²) in [7, 11) is 1.58. The van der Waals surface area contributed by atoms with E-state index >= 15 is 0 Å². The molecule has 0 spiro atoms. The topological polar surface area (TPSA) is 79.8 Å². The number of methoxy groups -OCH3 is 1. The molecule has 2 rings (SSSR count). The lowest BCUT2D eigenvalue weighted by Gasteiger charge is -2.06. The van der Waals surface area contributed by atoms with E-state index in [1.54, 1.807) is 37.6 Å². The Morgan fingerprint density at radius 1 is 1.00 bits per heavy atom. The van der Waals surface area contributed by atoms with Crippen molar-refractivity contribution in [2.45, 2.75) is 12.8 Å². The minimum Gasteiger partial charge on any atom is -0.497 e. The Bertz CT molecular complexity index is 697. The molecule has 0 aliphatic heterocycles. The molecule has 0 unspecified atom stereocenters. The minimum atomic E-state index is -0.313. The summed E-state index contributed by atoms with van der Waals surface area (Å²) in [6.07, 6.45) is 1.70.